The van der Waals surface area contributed by atoms with Crippen LogP contribution in [0.2, 0.25) is 0 Å². The van der Waals surface area contributed by atoms with Crippen LogP contribution in [-0.4, -0.2) is 48.3 Å². The number of nitrogens with one attached hydrogen (secondary N) is 1. The van der Waals surface area contributed by atoms with Crippen LogP contribution in [0.3, 0.4) is 0 Å². The fourth-order valence-electron chi connectivity index (χ4n) is 2.50. The van der Waals surface area contributed by atoms with Gasteiger partial charge in [0.25, 0.3) is 0 Å². The average molecular weight is 336 g/mol. The van der Waals surface area contributed by atoms with Crippen molar-refractivity contribution in [2.75, 3.05) is 43.9 Å². The first-order valence-corrected chi connectivity index (χ1v) is 7.46. The van der Waals surface area contributed by atoms with E-state index in [0.29, 0.717) is 5.82 Å². The molecule has 6 heteroatoms. The highest BCUT2D eigenvalue weighted by atomic mass is 79.9. The topological polar surface area (TPSA) is 61.2 Å². The molecule has 0 bridgehead atoms. The average Bonchev–Trinajstić information content (AvgIpc) is 2.86. The lowest BCUT2D eigenvalue weighted by Gasteiger charge is -2.34. The summed E-state index contributed by atoms with van der Waals surface area (Å²) >= 11 is 3.68. The lowest BCUT2D eigenvalue weighted by Crippen LogP contribution is -2.44. The van der Waals surface area contributed by atoms with Crippen molar-refractivity contribution in [2.24, 2.45) is 0 Å². The molecule has 0 atom stereocenters. The van der Waals surface area contributed by atoms with Crippen LogP contribution in [-0.2, 0) is 0 Å². The third-order valence-electron chi connectivity index (χ3n) is 3.77. The molecule has 0 radical (unpaired) electrons. The van der Waals surface area contributed by atoms with Crippen molar-refractivity contribution in [1.82, 2.24) is 15.1 Å². The molecule has 1 aromatic heterocycles. The summed E-state index contributed by atoms with van der Waals surface area (Å²) in [5.74, 6) is 0.601. The van der Waals surface area contributed by atoms with Crippen LogP contribution in [0.4, 0.5) is 11.5 Å². The van der Waals surface area contributed by atoms with Crippen molar-refractivity contribution >= 4 is 27.4 Å². The number of anilines is 2. The first-order chi connectivity index (χ1) is 9.65. The fraction of sp³-hybridized carbons (Fsp3) is 0.357. The van der Waals surface area contributed by atoms with Crippen LogP contribution in [0.5, 0.6) is 0 Å². The van der Waals surface area contributed by atoms with Crippen LogP contribution in [0, 0.1) is 0 Å². The number of benzene rings is 1. The van der Waals surface area contributed by atoms with Crippen LogP contribution in [0.15, 0.2) is 28.9 Å². The molecule has 0 amide bonds. The van der Waals surface area contributed by atoms with Crippen LogP contribution in [0.1, 0.15) is 0 Å². The highest BCUT2D eigenvalue weighted by Gasteiger charge is 2.17. The number of halogens is 1. The zero-order valence-corrected chi connectivity index (χ0v) is 13.0. The maximum Gasteiger partial charge on any atom is 0.126 e. The molecule has 1 saturated heterocycles. The molecule has 3 rings (SSSR count). The van der Waals surface area contributed by atoms with Crippen LogP contribution >= 0.6 is 15.9 Å². The number of nitrogens with two attached hydrogens (primary N) is 1. The number of aromatic nitrogens is 2. The molecule has 2 heterocycles. The number of hydrogen-bond acceptors (Lipinski definition) is 4. The normalized spacial score (nSPS) is 16.6. The molecule has 1 aliphatic heterocycles. The summed E-state index contributed by atoms with van der Waals surface area (Å²) in [4.78, 5) is 4.76. The third-order valence-corrected chi connectivity index (χ3v) is 4.41. The number of rotatable bonds is 2. The highest BCUT2D eigenvalue weighted by molar-refractivity contribution is 9.10. The van der Waals surface area contributed by atoms with Gasteiger partial charge in [0.05, 0.1) is 11.9 Å². The summed E-state index contributed by atoms with van der Waals surface area (Å²) in [5.41, 5.74) is 9.12. The summed E-state index contributed by atoms with van der Waals surface area (Å²) in [5, 5.41) is 6.73. The number of nitrogen functional groups attached to an aromatic ring is 1. The van der Waals surface area contributed by atoms with Crippen molar-refractivity contribution in [3.63, 3.8) is 0 Å². The molecule has 2 aromatic rings. The van der Waals surface area contributed by atoms with Crippen molar-refractivity contribution in [3.8, 4) is 11.1 Å². The Morgan fingerprint density at radius 3 is 2.60 bits per heavy atom. The van der Waals surface area contributed by atoms with Crippen molar-refractivity contribution < 1.29 is 0 Å². The minimum Gasteiger partial charge on any atom is -0.384 e. The highest BCUT2D eigenvalue weighted by Crippen LogP contribution is 2.33. The summed E-state index contributed by atoms with van der Waals surface area (Å²) in [6.45, 7) is 4.32. The van der Waals surface area contributed by atoms with Gasteiger partial charge in [0.1, 0.15) is 5.82 Å². The van der Waals surface area contributed by atoms with Gasteiger partial charge in [-0.2, -0.15) is 5.10 Å². The largest absolute Gasteiger partial charge is 0.384 e. The second-order valence-electron chi connectivity index (χ2n) is 5.15. The molecule has 0 spiro atoms. The number of piperazine rings is 1. The SMILES string of the molecule is CN1CCN(c2ccc(-c3cn[nH]c3N)cc2Br)CC1. The number of likely N-dealkylation sites (N-methyl/N-ethyl adjacent to an activating group) is 1. The van der Waals surface area contributed by atoms with E-state index in [1.165, 1.54) is 5.69 Å². The third kappa shape index (κ3) is 2.53. The van der Waals surface area contributed by atoms with Gasteiger partial charge in [-0.05, 0) is 40.7 Å². The zero-order valence-electron chi connectivity index (χ0n) is 11.4. The minimum atomic E-state index is 0.601. The van der Waals surface area contributed by atoms with E-state index in [-0.39, 0.29) is 0 Å². The Bertz CT molecular complexity index is 601. The van der Waals surface area contributed by atoms with E-state index in [0.717, 1.165) is 41.8 Å². The first kappa shape index (κ1) is 13.5. The lowest BCUT2D eigenvalue weighted by molar-refractivity contribution is 0.312. The maximum absolute atomic E-state index is 5.87. The molecule has 106 valence electrons. The van der Waals surface area contributed by atoms with Gasteiger partial charge in [0.15, 0.2) is 0 Å². The van der Waals surface area contributed by atoms with E-state index in [9.17, 15) is 0 Å². The fourth-order valence-corrected chi connectivity index (χ4v) is 3.13. The quantitative estimate of drug-likeness (QED) is 0.882. The zero-order chi connectivity index (χ0) is 14.1. The predicted molar refractivity (Wildman–Crippen MR) is 85.8 cm³/mol. The van der Waals surface area contributed by atoms with Gasteiger partial charge in [0.2, 0.25) is 0 Å². The molecule has 1 aliphatic rings. The van der Waals surface area contributed by atoms with Gasteiger partial charge in [-0.25, -0.2) is 0 Å². The van der Waals surface area contributed by atoms with Crippen LogP contribution < -0.4 is 10.6 Å². The van der Waals surface area contributed by atoms with Crippen LogP contribution in [0.25, 0.3) is 11.1 Å². The molecule has 0 aliphatic carbocycles. The number of nitrogens with zero attached hydrogens (tertiary/aromatic N) is 3. The Morgan fingerprint density at radius 2 is 2.00 bits per heavy atom. The summed E-state index contributed by atoms with van der Waals surface area (Å²) in [7, 11) is 2.16. The van der Waals surface area contributed by atoms with E-state index >= 15 is 0 Å². The van der Waals surface area contributed by atoms with Gasteiger partial charge in [-0.15, -0.1) is 0 Å². The molecule has 1 fully saturated rings. The number of hydrogen-bond donors (Lipinski definition) is 2. The Labute approximate surface area is 126 Å². The van der Waals surface area contributed by atoms with Gasteiger partial charge in [0, 0.05) is 36.2 Å². The van der Waals surface area contributed by atoms with Crippen molar-refractivity contribution in [1.29, 1.82) is 0 Å². The molecular weight excluding hydrogens is 318 g/mol. The molecular formula is C14H18BrN5. The van der Waals surface area contributed by atoms with Gasteiger partial charge in [-0.3, -0.25) is 5.10 Å². The molecule has 0 saturated carbocycles. The Kier molecular flexibility index (Phi) is 3.67. The smallest absolute Gasteiger partial charge is 0.126 e. The van der Waals surface area contributed by atoms with Crippen molar-refractivity contribution in [2.45, 2.75) is 0 Å². The Balaban J connectivity index is 1.86. The number of H-pyrrole nitrogens is 1. The number of aromatic amines is 1. The maximum atomic E-state index is 5.87. The second kappa shape index (κ2) is 5.46. The molecule has 5 nitrogen and oxygen atoms in total. The molecule has 0 unspecified atom stereocenters. The summed E-state index contributed by atoms with van der Waals surface area (Å²) in [6.07, 6.45) is 1.76. The Hall–Kier alpha value is -1.53. The Morgan fingerprint density at radius 1 is 1.25 bits per heavy atom. The van der Waals surface area contributed by atoms with Gasteiger partial charge < -0.3 is 15.5 Å². The van der Waals surface area contributed by atoms with Gasteiger partial charge in [-0.1, -0.05) is 6.07 Å². The molecule has 20 heavy (non-hydrogen) atoms. The van der Waals surface area contributed by atoms with E-state index in [4.69, 9.17) is 5.73 Å². The minimum absolute atomic E-state index is 0.601. The van der Waals surface area contributed by atoms with Gasteiger partial charge >= 0.3 is 0 Å². The van der Waals surface area contributed by atoms with E-state index < -0.39 is 0 Å². The van der Waals surface area contributed by atoms with Crippen molar-refractivity contribution in [3.05, 3.63) is 28.9 Å². The van der Waals surface area contributed by atoms with E-state index in [1.807, 2.05) is 0 Å². The second-order valence-corrected chi connectivity index (χ2v) is 6.01. The standard InChI is InChI=1S/C14H18BrN5/c1-19-4-6-20(7-5-19)13-3-2-10(8-12(13)15)11-9-17-18-14(11)16/h2-3,8-9H,4-7H2,1H3,(H3,16,17,18). The lowest BCUT2D eigenvalue weighted by atomic mass is 10.1. The predicted octanol–water partition coefficient (Wildman–Crippen LogP) is 2.17. The summed E-state index contributed by atoms with van der Waals surface area (Å²) in [6, 6.07) is 6.35. The monoisotopic (exact) mass is 335 g/mol. The molecule has 3 N–H and O–H groups in total. The first-order valence-electron chi connectivity index (χ1n) is 6.67. The van der Waals surface area contributed by atoms with E-state index in [2.05, 4.69) is 61.2 Å². The summed E-state index contributed by atoms with van der Waals surface area (Å²) < 4.78 is 1.10. The molecule has 1 aromatic carbocycles. The van der Waals surface area contributed by atoms with E-state index in [1.54, 1.807) is 6.20 Å².